The molecule has 0 saturated heterocycles. The number of nitrogens with one attached hydrogen (secondary N) is 1. The number of allylic oxidation sites excluding steroid dienone is 2. The fraction of sp³-hybridized carbons (Fsp3) is 0.346. The number of hydrogen-bond donors (Lipinski definition) is 1. The Morgan fingerprint density at radius 3 is 2.29 bits per heavy atom. The summed E-state index contributed by atoms with van der Waals surface area (Å²) in [7, 11) is 1.58. The van der Waals surface area contributed by atoms with Crippen LogP contribution in [0.2, 0.25) is 0 Å². The van der Waals surface area contributed by atoms with Crippen molar-refractivity contribution >= 4 is 11.7 Å². The minimum absolute atomic E-state index is 0.0165. The van der Waals surface area contributed by atoms with E-state index >= 15 is 0 Å². The number of hydrogen-bond acceptors (Lipinski definition) is 5. The number of methoxy groups -OCH3 is 1. The first-order valence-corrected chi connectivity index (χ1v) is 11.5. The molecule has 0 radical (unpaired) electrons. The Bertz CT molecular complexity index is 1290. The Labute approximate surface area is 200 Å². The highest BCUT2D eigenvalue weighted by Gasteiger charge is 2.43. The molecule has 9 heteroatoms. The monoisotopic (exact) mass is 482 g/mol. The molecule has 1 N–H and O–H groups in total. The van der Waals surface area contributed by atoms with Crippen LogP contribution in [0, 0.1) is 0 Å². The van der Waals surface area contributed by atoms with Gasteiger partial charge in [0.25, 0.3) is 5.82 Å². The molecule has 3 aromatic rings. The summed E-state index contributed by atoms with van der Waals surface area (Å²) >= 11 is 0. The number of aromatic nitrogens is 3. The summed E-state index contributed by atoms with van der Waals surface area (Å²) in [6.45, 7) is 4.13. The quantitative estimate of drug-likeness (QED) is 0.506. The molecule has 0 bridgehead atoms. The molecule has 2 atom stereocenters. The molecule has 35 heavy (non-hydrogen) atoms. The van der Waals surface area contributed by atoms with Gasteiger partial charge in [0.15, 0.2) is 5.78 Å². The number of benzene rings is 2. The Balaban J connectivity index is 1.58. The summed E-state index contributed by atoms with van der Waals surface area (Å²) in [5.41, 5.74) is 3.79. The number of carbonyl (C=O) groups is 1. The Morgan fingerprint density at radius 2 is 1.69 bits per heavy atom. The molecular weight excluding hydrogens is 457 g/mol. The SMILES string of the molecule is COc1ccc([C@H]2CC(=O)C3=C(C2)Nc2nc(C(F)(F)F)nn2[C@@H]3c2ccc(C(C)C)cc2)cc1. The van der Waals surface area contributed by atoms with E-state index in [1.54, 1.807) is 7.11 Å². The third-order valence-electron chi connectivity index (χ3n) is 6.68. The highest BCUT2D eigenvalue weighted by atomic mass is 19.4. The number of ether oxygens (including phenoxy) is 1. The van der Waals surface area contributed by atoms with Gasteiger partial charge in [-0.15, -0.1) is 5.10 Å². The van der Waals surface area contributed by atoms with Crippen LogP contribution in [0.5, 0.6) is 5.75 Å². The van der Waals surface area contributed by atoms with Crippen molar-refractivity contribution in [2.45, 2.75) is 50.7 Å². The molecule has 2 heterocycles. The third-order valence-corrected chi connectivity index (χ3v) is 6.68. The molecule has 0 amide bonds. The molecule has 0 saturated carbocycles. The molecule has 0 unspecified atom stereocenters. The van der Waals surface area contributed by atoms with Crippen molar-refractivity contribution in [3.63, 3.8) is 0 Å². The Kier molecular flexibility index (Phi) is 5.65. The molecular formula is C26H25F3N4O2. The molecule has 1 aromatic heterocycles. The maximum atomic E-state index is 13.5. The molecule has 2 aliphatic rings. The molecule has 0 fully saturated rings. The van der Waals surface area contributed by atoms with Gasteiger partial charge in [-0.2, -0.15) is 18.2 Å². The number of nitrogens with zero attached hydrogens (tertiary/aromatic N) is 3. The van der Waals surface area contributed by atoms with E-state index in [1.165, 1.54) is 4.68 Å². The van der Waals surface area contributed by atoms with Crippen molar-refractivity contribution in [1.82, 2.24) is 14.8 Å². The lowest BCUT2D eigenvalue weighted by Crippen LogP contribution is -2.33. The van der Waals surface area contributed by atoms with Gasteiger partial charge in [-0.3, -0.25) is 4.79 Å². The molecule has 2 aromatic carbocycles. The standard InChI is InChI=1S/C26H25F3N4O2/c1-14(2)15-4-6-17(7-5-15)23-22-20(30-25-31-24(26(27,28)29)32-33(23)25)12-18(13-21(22)34)16-8-10-19(35-3)11-9-16/h4-11,14,18,23H,12-13H2,1-3H3,(H,30,31,32)/t18-,23-/m1/s1. The van der Waals surface area contributed by atoms with E-state index in [0.717, 1.165) is 11.1 Å². The molecule has 6 nitrogen and oxygen atoms in total. The van der Waals surface area contributed by atoms with Crippen LogP contribution in [0.4, 0.5) is 19.1 Å². The number of rotatable bonds is 4. The summed E-state index contributed by atoms with van der Waals surface area (Å²) in [5.74, 6) is -0.469. The predicted octanol–water partition coefficient (Wildman–Crippen LogP) is 5.84. The minimum Gasteiger partial charge on any atom is -0.497 e. The maximum absolute atomic E-state index is 13.5. The number of alkyl halides is 3. The van der Waals surface area contributed by atoms with Crippen LogP contribution < -0.4 is 10.1 Å². The van der Waals surface area contributed by atoms with E-state index in [-0.39, 0.29) is 24.1 Å². The number of ketones is 1. The fourth-order valence-electron chi connectivity index (χ4n) is 4.82. The number of Topliss-reactive ketones (excluding diaryl/α,β-unsaturated/α-hetero) is 1. The highest BCUT2D eigenvalue weighted by Crippen LogP contribution is 2.45. The Hall–Kier alpha value is -3.62. The van der Waals surface area contributed by atoms with Gasteiger partial charge in [0, 0.05) is 17.7 Å². The van der Waals surface area contributed by atoms with Crippen molar-refractivity contribution in [3.8, 4) is 5.75 Å². The average Bonchev–Trinajstić information content (AvgIpc) is 3.27. The normalized spacial score (nSPS) is 19.9. The Morgan fingerprint density at radius 1 is 1.03 bits per heavy atom. The van der Waals surface area contributed by atoms with E-state index in [9.17, 15) is 18.0 Å². The lowest BCUT2D eigenvalue weighted by atomic mass is 9.78. The average molecular weight is 483 g/mol. The van der Waals surface area contributed by atoms with Crippen LogP contribution in [0.25, 0.3) is 0 Å². The number of anilines is 1. The van der Waals surface area contributed by atoms with Crippen LogP contribution >= 0.6 is 0 Å². The van der Waals surface area contributed by atoms with Gasteiger partial charge in [0.05, 0.1) is 7.11 Å². The number of halogens is 3. The highest BCUT2D eigenvalue weighted by molar-refractivity contribution is 6.00. The van der Waals surface area contributed by atoms with Gasteiger partial charge in [-0.1, -0.05) is 50.2 Å². The third kappa shape index (κ3) is 4.19. The second kappa shape index (κ2) is 8.55. The molecule has 0 spiro atoms. The van der Waals surface area contributed by atoms with Gasteiger partial charge in [0.2, 0.25) is 5.95 Å². The second-order valence-corrected chi connectivity index (χ2v) is 9.24. The summed E-state index contributed by atoms with van der Waals surface area (Å²) in [5, 5.41) is 6.77. The van der Waals surface area contributed by atoms with Crippen LogP contribution in [-0.2, 0) is 11.0 Å². The first-order valence-electron chi connectivity index (χ1n) is 11.5. The smallest absolute Gasteiger partial charge is 0.453 e. The van der Waals surface area contributed by atoms with Gasteiger partial charge in [0.1, 0.15) is 11.8 Å². The zero-order chi connectivity index (χ0) is 24.9. The first-order chi connectivity index (χ1) is 16.7. The van der Waals surface area contributed by atoms with Crippen LogP contribution in [-0.4, -0.2) is 27.7 Å². The lowest BCUT2D eigenvalue weighted by molar-refractivity contribution is -0.145. The topological polar surface area (TPSA) is 69.0 Å². The van der Waals surface area contributed by atoms with E-state index in [4.69, 9.17) is 4.74 Å². The second-order valence-electron chi connectivity index (χ2n) is 9.24. The predicted molar refractivity (Wildman–Crippen MR) is 124 cm³/mol. The van der Waals surface area contributed by atoms with Gasteiger partial charge < -0.3 is 10.1 Å². The van der Waals surface area contributed by atoms with Gasteiger partial charge >= 0.3 is 6.18 Å². The summed E-state index contributed by atoms with van der Waals surface area (Å²) in [4.78, 5) is 17.2. The van der Waals surface area contributed by atoms with Crippen LogP contribution in [0.15, 0.2) is 59.8 Å². The molecule has 5 rings (SSSR count). The van der Waals surface area contributed by atoms with E-state index in [0.29, 0.717) is 34.9 Å². The minimum atomic E-state index is -4.70. The van der Waals surface area contributed by atoms with Crippen molar-refractivity contribution in [2.24, 2.45) is 0 Å². The van der Waals surface area contributed by atoms with Crippen LogP contribution in [0.1, 0.15) is 67.1 Å². The van der Waals surface area contributed by atoms with E-state index in [1.807, 2.05) is 48.5 Å². The summed E-state index contributed by atoms with van der Waals surface area (Å²) < 4.78 is 46.9. The zero-order valence-corrected chi connectivity index (χ0v) is 19.6. The van der Waals surface area contributed by atoms with Crippen molar-refractivity contribution < 1.29 is 22.7 Å². The molecule has 1 aliphatic heterocycles. The fourth-order valence-corrected chi connectivity index (χ4v) is 4.82. The molecule has 182 valence electrons. The van der Waals surface area contributed by atoms with Gasteiger partial charge in [-0.05, 0) is 47.1 Å². The first kappa shape index (κ1) is 23.1. The summed E-state index contributed by atoms with van der Waals surface area (Å²) in [6, 6.07) is 14.3. The van der Waals surface area contributed by atoms with E-state index < -0.39 is 18.0 Å². The largest absolute Gasteiger partial charge is 0.497 e. The van der Waals surface area contributed by atoms with Crippen molar-refractivity contribution in [2.75, 3.05) is 12.4 Å². The van der Waals surface area contributed by atoms with E-state index in [2.05, 4.69) is 29.2 Å². The lowest BCUT2D eigenvalue weighted by Gasteiger charge is -2.35. The zero-order valence-electron chi connectivity index (χ0n) is 19.6. The maximum Gasteiger partial charge on any atom is 0.453 e. The molecule has 1 aliphatic carbocycles. The van der Waals surface area contributed by atoms with Gasteiger partial charge in [-0.25, -0.2) is 4.68 Å². The van der Waals surface area contributed by atoms with Crippen molar-refractivity contribution in [1.29, 1.82) is 0 Å². The summed E-state index contributed by atoms with van der Waals surface area (Å²) in [6.07, 6.45) is -3.97. The van der Waals surface area contributed by atoms with Crippen LogP contribution in [0.3, 0.4) is 0 Å². The number of fused-ring (bicyclic) bond motifs is 1. The number of carbonyl (C=O) groups excluding carboxylic acids is 1. The van der Waals surface area contributed by atoms with Crippen molar-refractivity contribution in [3.05, 3.63) is 82.3 Å².